The summed E-state index contributed by atoms with van der Waals surface area (Å²) in [6.45, 7) is 5.26. The van der Waals surface area contributed by atoms with Gasteiger partial charge in [-0.3, -0.25) is 14.9 Å². The summed E-state index contributed by atoms with van der Waals surface area (Å²) in [5, 5.41) is 2.27. The van der Waals surface area contributed by atoms with E-state index in [0.29, 0.717) is 11.3 Å². The van der Waals surface area contributed by atoms with Crippen LogP contribution < -0.4 is 19.7 Å². The first-order chi connectivity index (χ1) is 16.2. The van der Waals surface area contributed by atoms with Gasteiger partial charge in [0, 0.05) is 0 Å². The molecule has 0 aromatic heterocycles. The number of hydrogen-bond acceptors (Lipinski definition) is 7. The van der Waals surface area contributed by atoms with Gasteiger partial charge in [-0.05, 0) is 67.8 Å². The number of halogens is 1. The Morgan fingerprint density at radius 3 is 2.50 bits per heavy atom. The molecule has 0 atom stereocenters. The average Bonchev–Trinajstić information content (AvgIpc) is 2.78. The number of methoxy groups -OCH3 is 1. The number of rotatable bonds is 7. The first-order valence-electron chi connectivity index (χ1n) is 10.3. The molecule has 0 bridgehead atoms. The van der Waals surface area contributed by atoms with Crippen LogP contribution >= 0.6 is 11.6 Å². The molecule has 2 aromatic carbocycles. The molecule has 1 N–H and O–H groups in total. The smallest absolute Gasteiger partial charge is 0.344 e. The van der Waals surface area contributed by atoms with E-state index in [2.05, 4.69) is 5.32 Å². The minimum atomic E-state index is -0.840. The monoisotopic (exact) mass is 486 g/mol. The maximum atomic E-state index is 13.1. The summed E-state index contributed by atoms with van der Waals surface area (Å²) in [4.78, 5) is 50.5. The number of hydrogen-bond donors (Lipinski definition) is 1. The van der Waals surface area contributed by atoms with E-state index in [0.717, 1.165) is 16.0 Å². The molecule has 1 fully saturated rings. The minimum Gasteiger partial charge on any atom is -0.493 e. The Balaban J connectivity index is 1.95. The highest BCUT2D eigenvalue weighted by Crippen LogP contribution is 2.37. The zero-order valence-electron chi connectivity index (χ0n) is 19.1. The lowest BCUT2D eigenvalue weighted by Gasteiger charge is -2.27. The number of ether oxygens (including phenoxy) is 3. The van der Waals surface area contributed by atoms with Gasteiger partial charge in [0.1, 0.15) is 5.57 Å². The number of esters is 1. The van der Waals surface area contributed by atoms with Gasteiger partial charge in [-0.25, -0.2) is 14.5 Å². The Kier molecular flexibility index (Phi) is 7.57. The number of nitrogens with one attached hydrogen (secondary N) is 1. The molecular weight excluding hydrogens is 464 g/mol. The number of barbiturate groups is 1. The summed E-state index contributed by atoms with van der Waals surface area (Å²) in [6.07, 6.45) is 1.29. The third-order valence-corrected chi connectivity index (χ3v) is 5.33. The fraction of sp³-hybridized carbons (Fsp3) is 0.250. The number of aryl methyl sites for hydroxylation is 2. The van der Waals surface area contributed by atoms with Crippen LogP contribution in [0.15, 0.2) is 35.9 Å². The average molecular weight is 487 g/mol. The number of amides is 4. The molecule has 34 heavy (non-hydrogen) atoms. The van der Waals surface area contributed by atoms with Crippen LogP contribution in [-0.2, 0) is 19.1 Å². The van der Waals surface area contributed by atoms with E-state index in [4.69, 9.17) is 25.8 Å². The molecule has 10 heteroatoms. The van der Waals surface area contributed by atoms with Crippen molar-refractivity contribution in [1.29, 1.82) is 0 Å². The lowest BCUT2D eigenvalue weighted by atomic mass is 10.0. The Labute approximate surface area is 201 Å². The van der Waals surface area contributed by atoms with Gasteiger partial charge in [-0.2, -0.15) is 0 Å². The summed E-state index contributed by atoms with van der Waals surface area (Å²) < 4.78 is 15.5. The van der Waals surface area contributed by atoms with E-state index in [1.54, 1.807) is 25.1 Å². The first-order valence-corrected chi connectivity index (χ1v) is 10.7. The van der Waals surface area contributed by atoms with Gasteiger partial charge in [-0.1, -0.05) is 17.7 Å². The summed E-state index contributed by atoms with van der Waals surface area (Å²) in [7, 11) is 1.37. The van der Waals surface area contributed by atoms with Crippen LogP contribution in [0.4, 0.5) is 10.5 Å². The standard InChI is InChI=1S/C24H23ClN2O7/c1-5-33-20(28)12-34-21-18(25)10-15(11-19(21)32-4)9-17-22(29)26-24(31)27(23(17)30)16-7-6-13(2)14(3)8-16/h6-11H,5,12H2,1-4H3,(H,26,29,31). The van der Waals surface area contributed by atoms with E-state index in [-0.39, 0.29) is 35.3 Å². The normalized spacial score (nSPS) is 14.8. The second kappa shape index (κ2) is 10.4. The first kappa shape index (κ1) is 24.8. The second-order valence-electron chi connectivity index (χ2n) is 7.35. The maximum Gasteiger partial charge on any atom is 0.344 e. The van der Waals surface area contributed by atoms with Crippen molar-refractivity contribution in [3.63, 3.8) is 0 Å². The molecule has 3 rings (SSSR count). The fourth-order valence-corrected chi connectivity index (χ4v) is 3.49. The molecule has 1 aliphatic rings. The van der Waals surface area contributed by atoms with Crippen molar-refractivity contribution in [1.82, 2.24) is 5.32 Å². The quantitative estimate of drug-likeness (QED) is 0.361. The van der Waals surface area contributed by atoms with Gasteiger partial charge >= 0.3 is 12.0 Å². The van der Waals surface area contributed by atoms with Crippen LogP contribution in [0, 0.1) is 13.8 Å². The highest BCUT2D eigenvalue weighted by atomic mass is 35.5. The Hall–Kier alpha value is -3.85. The largest absolute Gasteiger partial charge is 0.493 e. The van der Waals surface area contributed by atoms with Crippen molar-refractivity contribution < 1.29 is 33.4 Å². The zero-order valence-corrected chi connectivity index (χ0v) is 19.8. The molecule has 1 aliphatic heterocycles. The Morgan fingerprint density at radius 2 is 1.85 bits per heavy atom. The van der Waals surface area contributed by atoms with Crippen LogP contribution in [0.5, 0.6) is 11.5 Å². The molecule has 0 aliphatic carbocycles. The second-order valence-corrected chi connectivity index (χ2v) is 7.76. The van der Waals surface area contributed by atoms with Crippen LogP contribution in [0.2, 0.25) is 5.02 Å². The van der Waals surface area contributed by atoms with Crippen molar-refractivity contribution in [2.75, 3.05) is 25.2 Å². The Morgan fingerprint density at radius 1 is 1.12 bits per heavy atom. The van der Waals surface area contributed by atoms with Crippen LogP contribution in [0.1, 0.15) is 23.6 Å². The molecule has 0 saturated carbocycles. The third kappa shape index (κ3) is 5.20. The van der Waals surface area contributed by atoms with Crippen molar-refractivity contribution >= 4 is 47.2 Å². The Bertz CT molecular complexity index is 1210. The van der Waals surface area contributed by atoms with Crippen LogP contribution in [0.3, 0.4) is 0 Å². The topological polar surface area (TPSA) is 111 Å². The minimum absolute atomic E-state index is 0.0845. The molecule has 1 saturated heterocycles. The molecule has 2 aromatic rings. The molecule has 0 radical (unpaired) electrons. The molecule has 178 valence electrons. The van der Waals surface area contributed by atoms with Crippen molar-refractivity contribution in [3.05, 3.63) is 57.6 Å². The van der Waals surface area contributed by atoms with Gasteiger partial charge in [0.2, 0.25) is 0 Å². The predicted molar refractivity (Wildman–Crippen MR) is 125 cm³/mol. The summed E-state index contributed by atoms with van der Waals surface area (Å²) in [5.41, 5.74) is 2.29. The number of nitrogens with zero attached hydrogens (tertiary/aromatic N) is 1. The van der Waals surface area contributed by atoms with E-state index in [1.807, 2.05) is 13.8 Å². The molecular formula is C24H23ClN2O7. The summed E-state index contributed by atoms with van der Waals surface area (Å²) in [5.74, 6) is -1.92. The third-order valence-electron chi connectivity index (χ3n) is 5.05. The maximum absolute atomic E-state index is 13.1. The van der Waals surface area contributed by atoms with Crippen molar-refractivity contribution in [2.45, 2.75) is 20.8 Å². The van der Waals surface area contributed by atoms with E-state index < -0.39 is 23.8 Å². The lowest BCUT2D eigenvalue weighted by Crippen LogP contribution is -2.54. The highest BCUT2D eigenvalue weighted by molar-refractivity contribution is 6.39. The van der Waals surface area contributed by atoms with E-state index >= 15 is 0 Å². The van der Waals surface area contributed by atoms with Gasteiger partial charge in [0.15, 0.2) is 18.1 Å². The summed E-state index contributed by atoms with van der Waals surface area (Å²) in [6, 6.07) is 7.18. The molecule has 1 heterocycles. The van der Waals surface area contributed by atoms with Crippen LogP contribution in [-0.4, -0.2) is 44.1 Å². The van der Waals surface area contributed by atoms with Crippen LogP contribution in [0.25, 0.3) is 6.08 Å². The number of imide groups is 2. The molecule has 9 nitrogen and oxygen atoms in total. The number of carbonyl (C=O) groups is 4. The van der Waals surface area contributed by atoms with Crippen molar-refractivity contribution in [2.24, 2.45) is 0 Å². The summed E-state index contributed by atoms with van der Waals surface area (Å²) >= 11 is 6.31. The van der Waals surface area contributed by atoms with Gasteiger partial charge in [-0.15, -0.1) is 0 Å². The van der Waals surface area contributed by atoms with E-state index in [1.165, 1.54) is 25.3 Å². The van der Waals surface area contributed by atoms with Gasteiger partial charge < -0.3 is 14.2 Å². The van der Waals surface area contributed by atoms with Crippen molar-refractivity contribution in [3.8, 4) is 11.5 Å². The van der Waals surface area contributed by atoms with E-state index in [9.17, 15) is 19.2 Å². The number of carbonyl (C=O) groups excluding carboxylic acids is 4. The molecule has 0 spiro atoms. The number of anilines is 1. The zero-order chi connectivity index (χ0) is 25.0. The van der Waals surface area contributed by atoms with Gasteiger partial charge in [0.25, 0.3) is 11.8 Å². The fourth-order valence-electron chi connectivity index (χ4n) is 3.22. The number of urea groups is 1. The lowest BCUT2D eigenvalue weighted by molar-refractivity contribution is -0.145. The van der Waals surface area contributed by atoms with Gasteiger partial charge in [0.05, 0.1) is 24.4 Å². The SMILES string of the molecule is CCOC(=O)COc1c(Cl)cc(C=C2C(=O)NC(=O)N(c3ccc(C)c(C)c3)C2=O)cc1OC. The highest BCUT2D eigenvalue weighted by Gasteiger charge is 2.37. The number of benzene rings is 2. The predicted octanol–water partition coefficient (Wildman–Crippen LogP) is 3.57. The molecule has 4 amide bonds. The molecule has 0 unspecified atom stereocenters.